The number of H-pyrrole nitrogens is 1. The summed E-state index contributed by atoms with van der Waals surface area (Å²) in [4.78, 5) is 10.5. The molecule has 0 spiro atoms. The Hall–Kier alpha value is -3.49. The van der Waals surface area contributed by atoms with Crippen molar-refractivity contribution < 1.29 is 9.13 Å². The maximum Gasteiger partial charge on any atom is 0.177 e. The lowest BCUT2D eigenvalue weighted by molar-refractivity contribution is 0.205. The van der Waals surface area contributed by atoms with Crippen molar-refractivity contribution in [2.75, 3.05) is 18.0 Å². The lowest BCUT2D eigenvalue weighted by Gasteiger charge is -2.50. The third kappa shape index (κ3) is 4.86. The Bertz CT molecular complexity index is 1540. The van der Waals surface area contributed by atoms with Gasteiger partial charge in [0.2, 0.25) is 0 Å². The van der Waals surface area contributed by atoms with Gasteiger partial charge in [0.05, 0.1) is 26.7 Å². The molecule has 1 saturated heterocycles. The van der Waals surface area contributed by atoms with Crippen LogP contribution in [-0.4, -0.2) is 44.8 Å². The van der Waals surface area contributed by atoms with E-state index in [2.05, 4.69) is 57.2 Å². The van der Waals surface area contributed by atoms with Crippen LogP contribution in [0.3, 0.4) is 0 Å². The molecule has 4 N–H and O–H groups in total. The minimum absolute atomic E-state index is 0.0360. The van der Waals surface area contributed by atoms with Crippen molar-refractivity contribution in [3.63, 3.8) is 0 Å². The van der Waals surface area contributed by atoms with Gasteiger partial charge in [-0.25, -0.2) is 9.37 Å². The number of benzene rings is 1. The van der Waals surface area contributed by atoms with Crippen molar-refractivity contribution in [2.45, 2.75) is 38.6 Å². The maximum absolute atomic E-state index is 14.9. The van der Waals surface area contributed by atoms with Crippen molar-refractivity contribution in [1.82, 2.24) is 25.5 Å². The van der Waals surface area contributed by atoms with Crippen LogP contribution in [0, 0.1) is 17.1 Å². The van der Waals surface area contributed by atoms with Crippen LogP contribution in [0.2, 0.25) is 10.0 Å². The minimum atomic E-state index is -1.14. The van der Waals surface area contributed by atoms with Crippen molar-refractivity contribution in [3.8, 4) is 23.1 Å². The van der Waals surface area contributed by atoms with Crippen LogP contribution in [0.5, 0.6) is 5.75 Å². The molecular formula is C26H25Cl2FN8O. The number of anilines is 1. The molecule has 0 unspecified atom stereocenters. The Morgan fingerprint density at radius 1 is 1.21 bits per heavy atom. The van der Waals surface area contributed by atoms with Crippen molar-refractivity contribution >= 4 is 39.9 Å². The van der Waals surface area contributed by atoms with E-state index in [1.165, 1.54) is 24.5 Å². The maximum atomic E-state index is 14.9. The number of ether oxygens (including phenoxy) is 1. The first-order valence-corrected chi connectivity index (χ1v) is 12.7. The predicted molar refractivity (Wildman–Crippen MR) is 145 cm³/mol. The van der Waals surface area contributed by atoms with Crippen LogP contribution in [0.25, 0.3) is 22.2 Å². The number of aromatic nitrogens is 4. The molecule has 0 radical (unpaired) electrons. The van der Waals surface area contributed by atoms with E-state index < -0.39 is 12.0 Å². The Morgan fingerprint density at radius 3 is 2.58 bits per heavy atom. The van der Waals surface area contributed by atoms with Gasteiger partial charge in [0.25, 0.3) is 0 Å². The third-order valence-corrected chi connectivity index (χ3v) is 6.92. The van der Waals surface area contributed by atoms with E-state index in [0.717, 1.165) is 13.1 Å². The molecule has 5 rings (SSSR count). The Labute approximate surface area is 228 Å². The fourth-order valence-electron chi connectivity index (χ4n) is 4.87. The van der Waals surface area contributed by atoms with Gasteiger partial charge in [-0.2, -0.15) is 10.4 Å². The van der Waals surface area contributed by atoms with E-state index in [1.807, 2.05) is 0 Å². The molecular weight excluding hydrogens is 530 g/mol. The van der Waals surface area contributed by atoms with E-state index in [0.29, 0.717) is 45.1 Å². The zero-order valence-corrected chi connectivity index (χ0v) is 22.4. The number of halogens is 3. The zero-order chi connectivity index (χ0) is 27.2. The van der Waals surface area contributed by atoms with Gasteiger partial charge in [-0.1, -0.05) is 37.0 Å². The second kappa shape index (κ2) is 10.0. The van der Waals surface area contributed by atoms with E-state index >= 15 is 0 Å². The molecule has 196 valence electrons. The van der Waals surface area contributed by atoms with Gasteiger partial charge in [0, 0.05) is 60.3 Å². The highest BCUT2D eigenvalue weighted by Gasteiger charge is 2.40. The number of pyridine rings is 2. The summed E-state index contributed by atoms with van der Waals surface area (Å²) in [6, 6.07) is 7.08. The summed E-state index contributed by atoms with van der Waals surface area (Å²) in [6.07, 6.45) is 3.28. The van der Waals surface area contributed by atoms with E-state index in [4.69, 9.17) is 33.7 Å². The highest BCUT2D eigenvalue weighted by Crippen LogP contribution is 2.36. The predicted octanol–water partition coefficient (Wildman–Crippen LogP) is 4.95. The summed E-state index contributed by atoms with van der Waals surface area (Å²) < 4.78 is 20.6. The number of hydrogen-bond donors (Lipinski definition) is 3. The number of nitrogens with two attached hydrogens (primary N) is 1. The Kier molecular flexibility index (Phi) is 6.88. The standard InChI is InChI=1S/C26H25Cl2FN8O/c1-13(2)34-26(3)11-37(12-26)25-14(7-30)4-15(8-33-25)23-16-5-21(19(29)6-20(16)35-36-23)38-24(31)22-17(27)9-32-10-18(22)28/h4-6,8-10,13,24,34H,11-12,31H2,1-3H3,(H,35,36)/t24-/m0/s1. The molecule has 4 heterocycles. The first kappa shape index (κ1) is 26.1. The average molecular weight is 555 g/mol. The van der Waals surface area contributed by atoms with Crippen LogP contribution in [0.4, 0.5) is 10.2 Å². The van der Waals surface area contributed by atoms with Crippen LogP contribution < -0.4 is 20.7 Å². The molecule has 0 bridgehead atoms. The molecule has 0 aliphatic carbocycles. The molecule has 0 amide bonds. The number of rotatable bonds is 7. The topological polar surface area (TPSA) is 129 Å². The van der Waals surface area contributed by atoms with Crippen molar-refractivity contribution in [3.05, 3.63) is 63.8 Å². The van der Waals surface area contributed by atoms with Crippen LogP contribution >= 0.6 is 23.2 Å². The Balaban J connectivity index is 1.45. The monoisotopic (exact) mass is 554 g/mol. The largest absolute Gasteiger partial charge is 0.468 e. The molecule has 1 aliphatic rings. The zero-order valence-electron chi connectivity index (χ0n) is 20.9. The summed E-state index contributed by atoms with van der Waals surface area (Å²) in [5, 5.41) is 21.6. The normalized spacial score (nSPS) is 15.4. The molecule has 38 heavy (non-hydrogen) atoms. The fraction of sp³-hybridized carbons (Fsp3) is 0.308. The summed E-state index contributed by atoms with van der Waals surface area (Å²) in [6.45, 7) is 7.85. The van der Waals surface area contributed by atoms with Gasteiger partial charge in [0.1, 0.15) is 17.6 Å². The van der Waals surface area contributed by atoms with Gasteiger partial charge in [0.15, 0.2) is 17.8 Å². The number of fused-ring (bicyclic) bond motifs is 1. The number of aromatic amines is 1. The van der Waals surface area contributed by atoms with E-state index in [1.54, 1.807) is 12.3 Å². The van der Waals surface area contributed by atoms with E-state index in [9.17, 15) is 9.65 Å². The van der Waals surface area contributed by atoms with Gasteiger partial charge in [-0.05, 0) is 19.1 Å². The first-order valence-electron chi connectivity index (χ1n) is 11.9. The van der Waals surface area contributed by atoms with Crippen molar-refractivity contribution in [2.24, 2.45) is 5.73 Å². The highest BCUT2D eigenvalue weighted by molar-refractivity contribution is 6.35. The number of hydrogen-bond acceptors (Lipinski definition) is 8. The summed E-state index contributed by atoms with van der Waals surface area (Å²) in [7, 11) is 0. The molecule has 0 saturated carbocycles. The second-order valence-corrected chi connectivity index (χ2v) is 10.7. The van der Waals surface area contributed by atoms with Gasteiger partial charge in [-0.3, -0.25) is 15.8 Å². The fourth-order valence-corrected chi connectivity index (χ4v) is 5.45. The van der Waals surface area contributed by atoms with Gasteiger partial charge >= 0.3 is 0 Å². The number of nitrogens with zero attached hydrogens (tertiary/aromatic N) is 5. The van der Waals surface area contributed by atoms with Crippen molar-refractivity contribution in [1.29, 1.82) is 5.26 Å². The third-order valence-electron chi connectivity index (χ3n) is 6.32. The number of nitriles is 1. The summed E-state index contributed by atoms with van der Waals surface area (Å²) >= 11 is 12.3. The Morgan fingerprint density at radius 2 is 1.92 bits per heavy atom. The lowest BCUT2D eigenvalue weighted by Crippen LogP contribution is -2.69. The molecule has 12 heteroatoms. The second-order valence-electron chi connectivity index (χ2n) is 9.88. The first-order chi connectivity index (χ1) is 18.1. The SMILES string of the molecule is CC(C)NC1(C)CN(c2ncc(-c3n[nH]c4cc(F)c(O[C@H](N)c5c(Cl)cncc5Cl)cc34)cc2C#N)C1. The minimum Gasteiger partial charge on any atom is -0.468 e. The lowest BCUT2D eigenvalue weighted by atomic mass is 9.90. The number of nitrogens with one attached hydrogen (secondary N) is 2. The average Bonchev–Trinajstić information content (AvgIpc) is 3.24. The molecule has 1 fully saturated rings. The molecule has 1 aromatic carbocycles. The molecule has 1 atom stereocenters. The molecule has 1 aliphatic heterocycles. The van der Waals surface area contributed by atoms with E-state index in [-0.39, 0.29) is 21.3 Å². The smallest absolute Gasteiger partial charge is 0.177 e. The summed E-state index contributed by atoms with van der Waals surface area (Å²) in [5.41, 5.74) is 8.36. The van der Waals surface area contributed by atoms with Gasteiger partial charge in [-0.15, -0.1) is 0 Å². The van der Waals surface area contributed by atoms with Gasteiger partial charge < -0.3 is 15.0 Å². The summed E-state index contributed by atoms with van der Waals surface area (Å²) in [5.74, 6) is -0.142. The molecule has 4 aromatic rings. The van der Waals surface area contributed by atoms with Crippen LogP contribution in [-0.2, 0) is 0 Å². The van der Waals surface area contributed by atoms with Crippen LogP contribution in [0.15, 0.2) is 36.8 Å². The molecule has 3 aromatic heterocycles. The highest BCUT2D eigenvalue weighted by atomic mass is 35.5. The van der Waals surface area contributed by atoms with Crippen LogP contribution in [0.1, 0.15) is 38.1 Å². The quantitative estimate of drug-likeness (QED) is 0.273. The molecule has 9 nitrogen and oxygen atoms in total.